The molecular formula is C55H46S. The van der Waals surface area contributed by atoms with Crippen LogP contribution in [-0.4, -0.2) is 5.75 Å². The standard InChI is InChI=1S/C55H46S/c1-6-41-42(7-2)53(39-28-27-35-17-8-9-18-36(35)29-39)46-24-11-10-23-45(46)52(41)38-20-16-19-37(30-38)48-32-49-44-22-12-14-25-50(44)55(4,5)54(49)34(3)47(48)31-40-33-56-51-26-15-13-21-43(40)51/h6-15,17-19,21-32H,16,20,33H2,1-5H3/b40-31+,41-6+,42-7+. The number of thioether (sulfide) groups is 1. The normalized spacial score (nSPS) is 17.0. The molecule has 0 amide bonds. The zero-order valence-electron chi connectivity index (χ0n) is 33.0. The first-order valence-electron chi connectivity index (χ1n) is 20.2. The van der Waals surface area contributed by atoms with Gasteiger partial charge >= 0.3 is 0 Å². The highest BCUT2D eigenvalue weighted by molar-refractivity contribution is 8.00. The SMILES string of the molecule is C/C=c1/c(C2=CC(c3cc4c(c(C)c3/C=C3\CSc5ccccc53)C(C)(C)c3ccccc3-4)=CCC2)c2ccccc2c(-c2ccc3ccccc3c2)/c1=C/C. The molecule has 2 aliphatic carbocycles. The molecule has 0 N–H and O–H groups in total. The highest BCUT2D eigenvalue weighted by Crippen LogP contribution is 2.53. The minimum atomic E-state index is -0.0727. The van der Waals surface area contributed by atoms with Gasteiger partial charge in [0.25, 0.3) is 0 Å². The smallest absolute Gasteiger partial charge is 0.0238 e. The third kappa shape index (κ3) is 5.35. The Morgan fingerprint density at radius 2 is 1.32 bits per heavy atom. The summed E-state index contributed by atoms with van der Waals surface area (Å²) in [6, 6.07) is 45.3. The van der Waals surface area contributed by atoms with Crippen LogP contribution in [0.2, 0.25) is 0 Å². The average Bonchev–Trinajstić information content (AvgIpc) is 3.75. The molecule has 0 radical (unpaired) electrons. The highest BCUT2D eigenvalue weighted by atomic mass is 32.2. The van der Waals surface area contributed by atoms with Crippen LogP contribution in [0.25, 0.3) is 78.7 Å². The van der Waals surface area contributed by atoms with Crippen molar-refractivity contribution in [3.8, 4) is 22.3 Å². The van der Waals surface area contributed by atoms with E-state index in [0.717, 1.165) is 18.6 Å². The first-order chi connectivity index (χ1) is 27.4. The van der Waals surface area contributed by atoms with Crippen molar-refractivity contribution in [2.45, 2.75) is 57.8 Å². The molecule has 56 heavy (non-hydrogen) atoms. The second kappa shape index (κ2) is 13.5. The molecule has 3 aliphatic rings. The summed E-state index contributed by atoms with van der Waals surface area (Å²) in [5.41, 5.74) is 19.2. The fourth-order valence-electron chi connectivity index (χ4n) is 10.2. The van der Waals surface area contributed by atoms with Crippen molar-refractivity contribution in [2.24, 2.45) is 0 Å². The van der Waals surface area contributed by atoms with Crippen LogP contribution in [0.15, 0.2) is 138 Å². The lowest BCUT2D eigenvalue weighted by Gasteiger charge is -2.26. The van der Waals surface area contributed by atoms with Gasteiger partial charge in [0.1, 0.15) is 0 Å². The van der Waals surface area contributed by atoms with E-state index in [4.69, 9.17) is 0 Å². The maximum Gasteiger partial charge on any atom is 0.0238 e. The van der Waals surface area contributed by atoms with Gasteiger partial charge in [0.2, 0.25) is 0 Å². The van der Waals surface area contributed by atoms with Crippen LogP contribution in [0.1, 0.15) is 79.5 Å². The predicted molar refractivity (Wildman–Crippen MR) is 245 cm³/mol. The van der Waals surface area contributed by atoms with Crippen LogP contribution in [0, 0.1) is 6.92 Å². The zero-order valence-corrected chi connectivity index (χ0v) is 33.8. The molecule has 0 unspecified atom stereocenters. The Bertz CT molecular complexity index is 3020. The van der Waals surface area contributed by atoms with E-state index in [9.17, 15) is 0 Å². The minimum Gasteiger partial charge on any atom is -0.121 e. The van der Waals surface area contributed by atoms with E-state index in [1.165, 1.54) is 115 Å². The molecule has 0 nitrogen and oxygen atoms in total. The lowest BCUT2D eigenvalue weighted by Crippen LogP contribution is -2.31. The van der Waals surface area contributed by atoms with E-state index in [0.29, 0.717) is 0 Å². The maximum absolute atomic E-state index is 2.54. The van der Waals surface area contributed by atoms with Crippen LogP contribution in [-0.2, 0) is 5.41 Å². The molecule has 0 saturated heterocycles. The number of fused-ring (bicyclic) bond motifs is 6. The molecule has 0 saturated carbocycles. The van der Waals surface area contributed by atoms with Gasteiger partial charge in [0, 0.05) is 16.1 Å². The third-order valence-electron chi connectivity index (χ3n) is 12.7. The minimum absolute atomic E-state index is 0.0727. The Labute approximate surface area is 335 Å². The second-order valence-corrected chi connectivity index (χ2v) is 17.2. The van der Waals surface area contributed by atoms with Crippen molar-refractivity contribution in [1.29, 1.82) is 0 Å². The highest BCUT2D eigenvalue weighted by Gasteiger charge is 2.38. The second-order valence-electron chi connectivity index (χ2n) is 16.1. The fraction of sp³-hybridized carbons (Fsp3) is 0.164. The molecule has 7 aromatic carbocycles. The molecular weight excluding hydrogens is 693 g/mol. The molecule has 0 bridgehead atoms. The summed E-state index contributed by atoms with van der Waals surface area (Å²) < 4.78 is 0. The van der Waals surface area contributed by atoms with E-state index in [1.807, 2.05) is 11.8 Å². The number of benzene rings is 7. The number of hydrogen-bond donors (Lipinski definition) is 0. The molecule has 1 heterocycles. The van der Waals surface area contributed by atoms with Gasteiger partial charge in [-0.25, -0.2) is 0 Å². The van der Waals surface area contributed by atoms with Gasteiger partial charge in [-0.15, -0.1) is 11.8 Å². The van der Waals surface area contributed by atoms with Gasteiger partial charge in [0.15, 0.2) is 0 Å². The molecule has 0 spiro atoms. The molecule has 1 aliphatic heterocycles. The lowest BCUT2D eigenvalue weighted by atomic mass is 9.77. The number of allylic oxidation sites excluding steroid dienone is 4. The summed E-state index contributed by atoms with van der Waals surface area (Å²) in [7, 11) is 0. The fourth-order valence-corrected chi connectivity index (χ4v) is 11.3. The first-order valence-corrected chi connectivity index (χ1v) is 21.1. The van der Waals surface area contributed by atoms with Gasteiger partial charge in [-0.05, 0) is 168 Å². The van der Waals surface area contributed by atoms with Crippen LogP contribution in [0.5, 0.6) is 0 Å². The Hall–Kier alpha value is -5.63. The number of rotatable bonds is 4. The van der Waals surface area contributed by atoms with Crippen LogP contribution < -0.4 is 10.4 Å². The summed E-state index contributed by atoms with van der Waals surface area (Å²) in [4.78, 5) is 1.39. The van der Waals surface area contributed by atoms with Crippen molar-refractivity contribution in [2.75, 3.05) is 5.75 Å². The van der Waals surface area contributed by atoms with E-state index < -0.39 is 0 Å². The van der Waals surface area contributed by atoms with Crippen LogP contribution in [0.4, 0.5) is 0 Å². The summed E-state index contributed by atoms with van der Waals surface area (Å²) >= 11 is 1.96. The average molecular weight is 739 g/mol. The van der Waals surface area contributed by atoms with Crippen molar-refractivity contribution < 1.29 is 0 Å². The Morgan fingerprint density at radius 3 is 2.12 bits per heavy atom. The summed E-state index contributed by atoms with van der Waals surface area (Å²) in [6.07, 6.45) is 14.3. The van der Waals surface area contributed by atoms with E-state index >= 15 is 0 Å². The van der Waals surface area contributed by atoms with Gasteiger partial charge in [-0.3, -0.25) is 0 Å². The molecule has 0 atom stereocenters. The van der Waals surface area contributed by atoms with Crippen LogP contribution in [0.3, 0.4) is 0 Å². The topological polar surface area (TPSA) is 0 Å². The van der Waals surface area contributed by atoms with Gasteiger partial charge in [0.05, 0.1) is 0 Å². The predicted octanol–water partition coefficient (Wildman–Crippen LogP) is 13.8. The van der Waals surface area contributed by atoms with Gasteiger partial charge in [-0.1, -0.05) is 141 Å². The zero-order chi connectivity index (χ0) is 38.1. The van der Waals surface area contributed by atoms with Crippen LogP contribution >= 0.6 is 11.8 Å². The number of hydrogen-bond acceptors (Lipinski definition) is 1. The van der Waals surface area contributed by atoms with E-state index in [1.54, 1.807) is 0 Å². The molecule has 10 rings (SSSR count). The Kier molecular flexibility index (Phi) is 8.42. The van der Waals surface area contributed by atoms with E-state index in [-0.39, 0.29) is 5.41 Å². The first kappa shape index (κ1) is 34.8. The van der Waals surface area contributed by atoms with Crippen molar-refractivity contribution >= 4 is 68.3 Å². The lowest BCUT2D eigenvalue weighted by molar-refractivity contribution is 0.655. The third-order valence-corrected chi connectivity index (χ3v) is 13.8. The maximum atomic E-state index is 2.54. The molecule has 272 valence electrons. The van der Waals surface area contributed by atoms with Crippen molar-refractivity contribution in [3.05, 3.63) is 183 Å². The molecule has 1 heteroatoms. The largest absolute Gasteiger partial charge is 0.121 e. The van der Waals surface area contributed by atoms with Gasteiger partial charge in [-0.2, -0.15) is 0 Å². The quantitative estimate of drug-likeness (QED) is 0.173. The molecule has 0 aromatic heterocycles. The summed E-state index contributed by atoms with van der Waals surface area (Å²) in [6.45, 7) is 11.6. The summed E-state index contributed by atoms with van der Waals surface area (Å²) in [5, 5.41) is 7.81. The van der Waals surface area contributed by atoms with Gasteiger partial charge < -0.3 is 0 Å². The Balaban J connectivity index is 1.21. The van der Waals surface area contributed by atoms with Crippen molar-refractivity contribution in [1.82, 2.24) is 0 Å². The Morgan fingerprint density at radius 1 is 0.643 bits per heavy atom. The molecule has 7 aromatic rings. The molecule has 0 fully saturated rings. The summed E-state index contributed by atoms with van der Waals surface area (Å²) in [5.74, 6) is 1.00. The monoisotopic (exact) mass is 738 g/mol. The van der Waals surface area contributed by atoms with E-state index in [2.05, 4.69) is 186 Å². The van der Waals surface area contributed by atoms with Crippen molar-refractivity contribution in [3.63, 3.8) is 0 Å².